The quantitative estimate of drug-likeness (QED) is 0.834. The van der Waals surface area contributed by atoms with Gasteiger partial charge in [-0.15, -0.1) is 0 Å². The largest absolute Gasteiger partial charge is 0.478 e. The molecule has 88 valence electrons. The van der Waals surface area contributed by atoms with Crippen LogP contribution >= 0.6 is 0 Å². The summed E-state index contributed by atoms with van der Waals surface area (Å²) in [6.45, 7) is 9.74. The van der Waals surface area contributed by atoms with Crippen LogP contribution in [0.5, 0.6) is 0 Å². The van der Waals surface area contributed by atoms with Crippen LogP contribution in [0.4, 0.5) is 0 Å². The van der Waals surface area contributed by atoms with Gasteiger partial charge in [0.05, 0.1) is 11.4 Å². The number of aromatic nitrogens is 2. The molecule has 1 aromatic rings. The van der Waals surface area contributed by atoms with Crippen LogP contribution in [0.25, 0.3) is 0 Å². The van der Waals surface area contributed by atoms with Crippen molar-refractivity contribution in [1.82, 2.24) is 9.97 Å². The summed E-state index contributed by atoms with van der Waals surface area (Å²) < 4.78 is 0. The van der Waals surface area contributed by atoms with Crippen molar-refractivity contribution in [1.29, 1.82) is 0 Å². The second-order valence-corrected chi connectivity index (χ2v) is 5.23. The molecule has 0 atom stereocenters. The Morgan fingerprint density at radius 2 is 1.62 bits per heavy atom. The molecule has 1 N–H and O–H groups in total. The number of aromatic carboxylic acids is 1. The molecule has 0 amide bonds. The number of aryl methyl sites for hydroxylation is 2. The zero-order valence-electron chi connectivity index (χ0n) is 10.5. The van der Waals surface area contributed by atoms with Gasteiger partial charge in [-0.2, -0.15) is 0 Å². The lowest BCUT2D eigenvalue weighted by Gasteiger charge is -2.17. The summed E-state index contributed by atoms with van der Waals surface area (Å²) in [4.78, 5) is 19.5. The van der Waals surface area contributed by atoms with E-state index in [0.29, 0.717) is 17.2 Å². The van der Waals surface area contributed by atoms with Gasteiger partial charge in [0.1, 0.15) is 11.4 Å². The summed E-state index contributed by atoms with van der Waals surface area (Å²) in [6, 6.07) is 0. The number of carboxylic acid groups (broad SMARTS) is 1. The minimum absolute atomic E-state index is 0.101. The molecule has 1 aromatic heterocycles. The molecular formula is C12H18N2O2. The summed E-state index contributed by atoms with van der Waals surface area (Å²) in [6.07, 6.45) is 0.745. The van der Waals surface area contributed by atoms with Gasteiger partial charge in [0.15, 0.2) is 0 Å². The lowest BCUT2D eigenvalue weighted by Crippen LogP contribution is -2.16. The number of hydrogen-bond acceptors (Lipinski definition) is 3. The van der Waals surface area contributed by atoms with Crippen molar-refractivity contribution < 1.29 is 9.90 Å². The van der Waals surface area contributed by atoms with E-state index in [4.69, 9.17) is 5.11 Å². The van der Waals surface area contributed by atoms with Crippen LogP contribution < -0.4 is 0 Å². The Balaban J connectivity index is 3.15. The molecular weight excluding hydrogens is 204 g/mol. The fourth-order valence-corrected chi connectivity index (χ4v) is 1.65. The molecule has 1 heterocycles. The van der Waals surface area contributed by atoms with Crippen LogP contribution in [0.2, 0.25) is 0 Å². The molecule has 0 aliphatic carbocycles. The smallest absolute Gasteiger partial charge is 0.339 e. The van der Waals surface area contributed by atoms with Crippen LogP contribution in [0.15, 0.2) is 0 Å². The zero-order valence-corrected chi connectivity index (χ0v) is 10.5. The molecule has 0 aliphatic heterocycles. The maximum Gasteiger partial charge on any atom is 0.339 e. The number of nitrogens with zero attached hydrogens (tertiary/aromatic N) is 2. The van der Waals surface area contributed by atoms with E-state index in [1.807, 2.05) is 0 Å². The molecule has 0 spiro atoms. The van der Waals surface area contributed by atoms with Gasteiger partial charge in [-0.05, 0) is 19.3 Å². The molecule has 0 unspecified atom stereocenters. The molecule has 4 heteroatoms. The first kappa shape index (κ1) is 12.6. The van der Waals surface area contributed by atoms with Gasteiger partial charge in [-0.3, -0.25) is 0 Å². The Hall–Kier alpha value is -1.45. The topological polar surface area (TPSA) is 63.1 Å². The third-order valence-electron chi connectivity index (χ3n) is 2.22. The highest BCUT2D eigenvalue weighted by molar-refractivity contribution is 5.89. The molecule has 16 heavy (non-hydrogen) atoms. The van der Waals surface area contributed by atoms with Gasteiger partial charge in [0.25, 0.3) is 0 Å². The SMILES string of the molecule is Cc1nc(CC(C)(C)C)nc(C)c1C(=O)O. The predicted molar refractivity (Wildman–Crippen MR) is 61.6 cm³/mol. The first-order valence-electron chi connectivity index (χ1n) is 5.28. The van der Waals surface area contributed by atoms with Crippen molar-refractivity contribution in [3.05, 3.63) is 22.8 Å². The Labute approximate surface area is 95.7 Å². The van der Waals surface area contributed by atoms with Gasteiger partial charge in [-0.1, -0.05) is 20.8 Å². The molecule has 0 saturated heterocycles. The number of rotatable bonds is 2. The van der Waals surface area contributed by atoms with E-state index in [9.17, 15) is 4.79 Å². The van der Waals surface area contributed by atoms with Crippen molar-refractivity contribution in [2.75, 3.05) is 0 Å². The van der Waals surface area contributed by atoms with Gasteiger partial charge in [0, 0.05) is 6.42 Å². The van der Waals surface area contributed by atoms with Gasteiger partial charge in [0.2, 0.25) is 0 Å². The average Bonchev–Trinajstić information content (AvgIpc) is 1.96. The van der Waals surface area contributed by atoms with Crippen LogP contribution in [0.3, 0.4) is 0 Å². The summed E-state index contributed by atoms with van der Waals surface area (Å²) in [5, 5.41) is 8.99. The average molecular weight is 222 g/mol. The van der Waals surface area contributed by atoms with Crippen LogP contribution in [0.1, 0.15) is 48.3 Å². The lowest BCUT2D eigenvalue weighted by molar-refractivity contribution is 0.0694. The van der Waals surface area contributed by atoms with E-state index in [2.05, 4.69) is 30.7 Å². The van der Waals surface area contributed by atoms with E-state index in [-0.39, 0.29) is 11.0 Å². The summed E-state index contributed by atoms with van der Waals surface area (Å²) >= 11 is 0. The van der Waals surface area contributed by atoms with E-state index in [0.717, 1.165) is 6.42 Å². The maximum absolute atomic E-state index is 11.0. The van der Waals surface area contributed by atoms with E-state index < -0.39 is 5.97 Å². The van der Waals surface area contributed by atoms with E-state index in [1.54, 1.807) is 13.8 Å². The highest BCUT2D eigenvalue weighted by Crippen LogP contribution is 2.20. The maximum atomic E-state index is 11.0. The highest BCUT2D eigenvalue weighted by Gasteiger charge is 2.18. The van der Waals surface area contributed by atoms with Crippen molar-refractivity contribution in [3.8, 4) is 0 Å². The number of carboxylic acids is 1. The van der Waals surface area contributed by atoms with E-state index in [1.165, 1.54) is 0 Å². The molecule has 1 rings (SSSR count). The van der Waals surface area contributed by atoms with Crippen molar-refractivity contribution >= 4 is 5.97 Å². The minimum Gasteiger partial charge on any atom is -0.478 e. The molecule has 0 saturated carbocycles. The Bertz CT molecular complexity index is 397. The Morgan fingerprint density at radius 3 is 1.94 bits per heavy atom. The Morgan fingerprint density at radius 1 is 1.19 bits per heavy atom. The first-order chi connectivity index (χ1) is 7.20. The number of hydrogen-bond donors (Lipinski definition) is 1. The first-order valence-corrected chi connectivity index (χ1v) is 5.28. The summed E-state index contributed by atoms with van der Waals surface area (Å²) in [5.41, 5.74) is 1.40. The van der Waals surface area contributed by atoms with Crippen LogP contribution in [-0.2, 0) is 6.42 Å². The molecule has 0 bridgehead atoms. The normalized spacial score (nSPS) is 11.6. The highest BCUT2D eigenvalue weighted by atomic mass is 16.4. The Kier molecular flexibility index (Phi) is 3.31. The van der Waals surface area contributed by atoms with Gasteiger partial charge in [-0.25, -0.2) is 14.8 Å². The van der Waals surface area contributed by atoms with Crippen molar-refractivity contribution in [3.63, 3.8) is 0 Å². The molecule has 4 nitrogen and oxygen atoms in total. The second kappa shape index (κ2) is 4.20. The van der Waals surface area contributed by atoms with Crippen molar-refractivity contribution in [2.24, 2.45) is 5.41 Å². The molecule has 0 radical (unpaired) electrons. The minimum atomic E-state index is -0.961. The van der Waals surface area contributed by atoms with Gasteiger partial charge >= 0.3 is 5.97 Å². The summed E-state index contributed by atoms with van der Waals surface area (Å²) in [7, 11) is 0. The third kappa shape index (κ3) is 3.02. The van der Waals surface area contributed by atoms with Crippen LogP contribution in [0, 0.1) is 19.3 Å². The van der Waals surface area contributed by atoms with Gasteiger partial charge < -0.3 is 5.11 Å². The second-order valence-electron chi connectivity index (χ2n) is 5.23. The fourth-order valence-electron chi connectivity index (χ4n) is 1.65. The monoisotopic (exact) mass is 222 g/mol. The lowest BCUT2D eigenvalue weighted by atomic mass is 9.92. The zero-order chi connectivity index (χ0) is 12.5. The third-order valence-corrected chi connectivity index (χ3v) is 2.22. The standard InChI is InChI=1S/C12H18N2O2/c1-7-10(11(15)16)8(2)14-9(13-7)6-12(3,4)5/h6H2,1-5H3,(H,15,16). The molecule has 0 aliphatic rings. The summed E-state index contributed by atoms with van der Waals surface area (Å²) in [5.74, 6) is -0.246. The fraction of sp³-hybridized carbons (Fsp3) is 0.583. The molecule has 0 fully saturated rings. The van der Waals surface area contributed by atoms with Crippen molar-refractivity contribution in [2.45, 2.75) is 41.0 Å². The number of carbonyl (C=O) groups is 1. The molecule has 0 aromatic carbocycles. The predicted octanol–water partition coefficient (Wildman–Crippen LogP) is 2.38. The van der Waals surface area contributed by atoms with Crippen LogP contribution in [-0.4, -0.2) is 21.0 Å². The van der Waals surface area contributed by atoms with E-state index >= 15 is 0 Å².